The maximum atomic E-state index is 12.8. The molecule has 28 heavy (non-hydrogen) atoms. The molecule has 0 aliphatic rings. The van der Waals surface area contributed by atoms with E-state index in [1.54, 1.807) is 47.6 Å². The van der Waals surface area contributed by atoms with E-state index in [0.29, 0.717) is 6.42 Å². The Labute approximate surface area is 168 Å². The minimum absolute atomic E-state index is 0.286. The van der Waals surface area contributed by atoms with Crippen molar-refractivity contribution in [2.24, 2.45) is 0 Å². The summed E-state index contributed by atoms with van der Waals surface area (Å²) in [6.07, 6.45) is 0.636. The van der Waals surface area contributed by atoms with Gasteiger partial charge in [0.05, 0.1) is 12.7 Å². The highest BCUT2D eigenvalue weighted by atomic mass is 16.6. The van der Waals surface area contributed by atoms with E-state index in [0.717, 1.165) is 5.56 Å². The van der Waals surface area contributed by atoms with Gasteiger partial charge in [0.2, 0.25) is 0 Å². The summed E-state index contributed by atoms with van der Waals surface area (Å²) in [5.41, 5.74) is -0.443. The number of benzene rings is 1. The molecule has 6 heteroatoms. The molecule has 0 saturated heterocycles. The first-order valence-corrected chi connectivity index (χ1v) is 9.40. The van der Waals surface area contributed by atoms with Crippen LogP contribution in [0.1, 0.15) is 53.5 Å². The van der Waals surface area contributed by atoms with Gasteiger partial charge in [-0.25, -0.2) is 9.59 Å². The average Bonchev–Trinajstić information content (AvgIpc) is 2.54. The van der Waals surface area contributed by atoms with E-state index in [1.807, 2.05) is 30.3 Å². The Morgan fingerprint density at radius 3 is 2.11 bits per heavy atom. The lowest BCUT2D eigenvalue weighted by atomic mass is 10.1. The van der Waals surface area contributed by atoms with Crippen LogP contribution in [-0.2, 0) is 25.6 Å². The van der Waals surface area contributed by atoms with Crippen molar-refractivity contribution >= 4 is 12.1 Å². The van der Waals surface area contributed by atoms with Crippen LogP contribution in [0.3, 0.4) is 0 Å². The molecule has 1 amide bonds. The summed E-state index contributed by atoms with van der Waals surface area (Å²) in [6.45, 7) is 14.6. The van der Waals surface area contributed by atoms with Crippen molar-refractivity contribution in [3.63, 3.8) is 0 Å². The molecule has 0 aliphatic heterocycles. The molecule has 6 nitrogen and oxygen atoms in total. The molecular weight excluding hydrogens is 358 g/mol. The topological polar surface area (TPSA) is 73.9 Å². The van der Waals surface area contributed by atoms with Gasteiger partial charge in [-0.2, -0.15) is 0 Å². The molecule has 2 atom stereocenters. The fourth-order valence-corrected chi connectivity index (χ4v) is 2.35. The van der Waals surface area contributed by atoms with Gasteiger partial charge in [0.1, 0.15) is 11.2 Å². The lowest BCUT2D eigenvalue weighted by Gasteiger charge is -2.30. The summed E-state index contributed by atoms with van der Waals surface area (Å²) in [6, 6.07) is 8.55. The lowest BCUT2D eigenvalue weighted by Crippen LogP contribution is -2.52. The van der Waals surface area contributed by atoms with Crippen molar-refractivity contribution in [2.75, 3.05) is 0 Å². The van der Waals surface area contributed by atoms with Gasteiger partial charge in [0.15, 0.2) is 6.04 Å². The summed E-state index contributed by atoms with van der Waals surface area (Å²) >= 11 is 0. The normalized spacial score (nSPS) is 13.9. The number of hydrogen-bond acceptors (Lipinski definition) is 5. The predicted octanol–water partition coefficient (Wildman–Crippen LogP) is 4.38. The van der Waals surface area contributed by atoms with E-state index >= 15 is 0 Å². The molecule has 0 aromatic heterocycles. The molecule has 0 bridgehead atoms. The smallest absolute Gasteiger partial charge is 0.408 e. The van der Waals surface area contributed by atoms with E-state index in [2.05, 4.69) is 11.9 Å². The van der Waals surface area contributed by atoms with Crippen LogP contribution in [0, 0.1) is 0 Å². The Kier molecular flexibility index (Phi) is 8.69. The van der Waals surface area contributed by atoms with Crippen LogP contribution in [0.4, 0.5) is 4.79 Å². The molecule has 0 fully saturated rings. The van der Waals surface area contributed by atoms with E-state index < -0.39 is 35.4 Å². The van der Waals surface area contributed by atoms with Crippen molar-refractivity contribution in [3.8, 4) is 0 Å². The zero-order chi connectivity index (χ0) is 21.4. The quantitative estimate of drug-likeness (QED) is 0.526. The van der Waals surface area contributed by atoms with E-state index in [9.17, 15) is 9.59 Å². The molecular formula is C22H33NO5. The summed E-state index contributed by atoms with van der Waals surface area (Å²) in [7, 11) is 0. The second kappa shape index (κ2) is 10.3. The van der Waals surface area contributed by atoms with Gasteiger partial charge in [-0.3, -0.25) is 0 Å². The molecule has 1 N–H and O–H groups in total. The van der Waals surface area contributed by atoms with Crippen LogP contribution < -0.4 is 5.32 Å². The molecule has 0 heterocycles. The third kappa shape index (κ3) is 9.55. The van der Waals surface area contributed by atoms with Gasteiger partial charge in [0, 0.05) is 0 Å². The number of ether oxygens (including phenoxy) is 3. The van der Waals surface area contributed by atoms with Crippen LogP contribution in [0.25, 0.3) is 0 Å². The Morgan fingerprint density at radius 2 is 1.61 bits per heavy atom. The fourth-order valence-electron chi connectivity index (χ4n) is 2.35. The fraction of sp³-hybridized carbons (Fsp3) is 0.545. The highest BCUT2D eigenvalue weighted by molar-refractivity contribution is 5.82. The predicted molar refractivity (Wildman–Crippen MR) is 109 cm³/mol. The number of rotatable bonds is 8. The zero-order valence-corrected chi connectivity index (χ0v) is 17.8. The minimum atomic E-state index is -1.03. The van der Waals surface area contributed by atoms with Gasteiger partial charge in [0.25, 0.3) is 0 Å². The number of nitrogens with one attached hydrogen (secondary N) is 1. The van der Waals surface area contributed by atoms with Crippen molar-refractivity contribution in [1.29, 1.82) is 0 Å². The first-order chi connectivity index (χ1) is 12.9. The third-order valence-electron chi connectivity index (χ3n) is 3.41. The number of carbonyl (C=O) groups excluding carboxylic acids is 2. The van der Waals surface area contributed by atoms with Crippen molar-refractivity contribution < 1.29 is 23.8 Å². The molecule has 1 aromatic rings. The number of carbonyl (C=O) groups is 2. The minimum Gasteiger partial charge on any atom is -0.458 e. The van der Waals surface area contributed by atoms with Gasteiger partial charge in [-0.1, -0.05) is 36.4 Å². The maximum Gasteiger partial charge on any atom is 0.408 e. The first kappa shape index (κ1) is 23.7. The largest absolute Gasteiger partial charge is 0.458 e. The maximum absolute atomic E-state index is 12.8. The second-order valence-corrected chi connectivity index (χ2v) is 8.52. The number of hydrogen-bond donors (Lipinski definition) is 1. The Hall–Kier alpha value is -2.34. The van der Waals surface area contributed by atoms with Crippen molar-refractivity contribution in [1.82, 2.24) is 5.32 Å². The summed E-state index contributed by atoms with van der Waals surface area (Å²) < 4.78 is 16.7. The van der Waals surface area contributed by atoms with Crippen LogP contribution in [0.2, 0.25) is 0 Å². The Morgan fingerprint density at radius 1 is 1.04 bits per heavy atom. The average molecular weight is 392 g/mol. The standard InChI is InChI=1S/C22H33NO5/c1-8-12-17(26-15-16-13-10-9-11-14-16)18(19(24)27-21(2,3)4)23-20(25)28-22(5,6)7/h8-11,13-14,17-18H,1,12,15H2,2-7H3,(H,23,25)/t17-,18-/m0/s1. The molecule has 0 radical (unpaired) electrons. The first-order valence-electron chi connectivity index (χ1n) is 9.40. The van der Waals surface area contributed by atoms with Crippen LogP contribution in [0.5, 0.6) is 0 Å². The summed E-state index contributed by atoms with van der Waals surface area (Å²) in [5.74, 6) is -0.585. The van der Waals surface area contributed by atoms with Crippen LogP contribution in [-0.4, -0.2) is 35.4 Å². The van der Waals surface area contributed by atoms with Gasteiger partial charge >= 0.3 is 12.1 Å². The molecule has 0 unspecified atom stereocenters. The highest BCUT2D eigenvalue weighted by Gasteiger charge is 2.35. The molecule has 1 aromatic carbocycles. The van der Waals surface area contributed by atoms with Crippen molar-refractivity contribution in [3.05, 3.63) is 48.6 Å². The van der Waals surface area contributed by atoms with Gasteiger partial charge in [-0.15, -0.1) is 6.58 Å². The zero-order valence-electron chi connectivity index (χ0n) is 17.8. The molecule has 1 rings (SSSR count). The highest BCUT2D eigenvalue weighted by Crippen LogP contribution is 2.16. The summed E-state index contributed by atoms with van der Waals surface area (Å²) in [5, 5.41) is 2.61. The Balaban J connectivity index is 2.99. The van der Waals surface area contributed by atoms with Crippen molar-refractivity contribution in [2.45, 2.75) is 77.9 Å². The molecule has 0 spiro atoms. The molecule has 156 valence electrons. The second-order valence-electron chi connectivity index (χ2n) is 8.52. The summed E-state index contributed by atoms with van der Waals surface area (Å²) in [4.78, 5) is 25.1. The number of amides is 1. The number of esters is 1. The SMILES string of the molecule is C=CC[C@H](OCc1ccccc1)[C@H](NC(=O)OC(C)(C)C)C(=O)OC(C)(C)C. The number of alkyl carbamates (subject to hydrolysis) is 1. The van der Waals surface area contributed by atoms with Gasteiger partial charge < -0.3 is 19.5 Å². The molecule has 0 saturated carbocycles. The van der Waals surface area contributed by atoms with E-state index in [-0.39, 0.29) is 6.61 Å². The van der Waals surface area contributed by atoms with E-state index in [1.165, 1.54) is 0 Å². The monoisotopic (exact) mass is 391 g/mol. The van der Waals surface area contributed by atoms with E-state index in [4.69, 9.17) is 14.2 Å². The molecule has 0 aliphatic carbocycles. The van der Waals surface area contributed by atoms with Crippen LogP contribution >= 0.6 is 0 Å². The van der Waals surface area contributed by atoms with Crippen LogP contribution in [0.15, 0.2) is 43.0 Å². The van der Waals surface area contributed by atoms with Gasteiger partial charge in [-0.05, 0) is 53.5 Å². The Bertz CT molecular complexity index is 643. The third-order valence-corrected chi connectivity index (χ3v) is 3.41. The lowest BCUT2D eigenvalue weighted by molar-refractivity contribution is -0.162.